The van der Waals surface area contributed by atoms with Crippen LogP contribution in [-0.4, -0.2) is 17.6 Å². The van der Waals surface area contributed by atoms with Crippen molar-refractivity contribution in [2.75, 3.05) is 6.61 Å². The molecule has 2 aromatic rings. The number of ether oxygens (including phenoxy) is 1. The van der Waals surface area contributed by atoms with Gasteiger partial charge in [-0.25, -0.2) is 4.79 Å². The molecular formula is C12H9ClN2O2. The fraction of sp³-hybridized carbons (Fsp3) is 0.167. The summed E-state index contributed by atoms with van der Waals surface area (Å²) in [5.74, 6) is -0.531. The van der Waals surface area contributed by atoms with Crippen LogP contribution in [0.2, 0.25) is 5.02 Å². The molecule has 1 aromatic carbocycles. The molecule has 0 fully saturated rings. The molecule has 4 nitrogen and oxygen atoms in total. The topological polar surface area (TPSA) is 65.9 Å². The van der Waals surface area contributed by atoms with Gasteiger partial charge in [0.25, 0.3) is 0 Å². The average molecular weight is 249 g/mol. The minimum absolute atomic E-state index is 0.173. The number of halogens is 1. The number of nitrogens with zero attached hydrogens (tertiary/aromatic N) is 1. The standard InChI is InChI=1S/C12H9ClN2O2/c1-2-17-12(16)11-9(6-14)8-5-7(13)3-4-10(8)15-11/h3-5,15H,2H2,1H3. The highest BCUT2D eigenvalue weighted by Gasteiger charge is 2.18. The summed E-state index contributed by atoms with van der Waals surface area (Å²) in [5, 5.41) is 10.2. The van der Waals surface area contributed by atoms with E-state index >= 15 is 0 Å². The first-order chi connectivity index (χ1) is 8.17. The molecule has 0 spiro atoms. The Morgan fingerprint density at radius 1 is 1.59 bits per heavy atom. The molecule has 0 saturated heterocycles. The van der Waals surface area contributed by atoms with Crippen molar-refractivity contribution < 1.29 is 9.53 Å². The molecule has 0 amide bonds. The van der Waals surface area contributed by atoms with Gasteiger partial charge in [0.15, 0.2) is 0 Å². The third-order valence-corrected chi connectivity index (χ3v) is 2.59. The van der Waals surface area contributed by atoms with E-state index < -0.39 is 5.97 Å². The van der Waals surface area contributed by atoms with Crippen molar-refractivity contribution in [2.45, 2.75) is 6.92 Å². The third-order valence-electron chi connectivity index (χ3n) is 2.35. The lowest BCUT2D eigenvalue weighted by molar-refractivity contribution is 0.0520. The van der Waals surface area contributed by atoms with Crippen LogP contribution < -0.4 is 0 Å². The Bertz CT molecular complexity index is 625. The van der Waals surface area contributed by atoms with Crippen LogP contribution in [0.3, 0.4) is 0 Å². The number of esters is 1. The summed E-state index contributed by atoms with van der Waals surface area (Å²) >= 11 is 5.86. The second-order valence-electron chi connectivity index (χ2n) is 3.40. The lowest BCUT2D eigenvalue weighted by Crippen LogP contribution is -2.06. The average Bonchev–Trinajstić information content (AvgIpc) is 2.67. The van der Waals surface area contributed by atoms with Gasteiger partial charge in [0.2, 0.25) is 0 Å². The van der Waals surface area contributed by atoms with Gasteiger partial charge in [-0.2, -0.15) is 5.26 Å². The van der Waals surface area contributed by atoms with Gasteiger partial charge in [0.05, 0.1) is 12.2 Å². The molecule has 0 aliphatic carbocycles. The molecule has 5 heteroatoms. The van der Waals surface area contributed by atoms with Crippen molar-refractivity contribution in [3.8, 4) is 6.07 Å². The molecule has 0 saturated carbocycles. The van der Waals surface area contributed by atoms with E-state index in [2.05, 4.69) is 4.98 Å². The minimum atomic E-state index is -0.531. The number of carbonyl (C=O) groups excluding carboxylic acids is 1. The van der Waals surface area contributed by atoms with E-state index in [1.165, 1.54) is 0 Å². The summed E-state index contributed by atoms with van der Waals surface area (Å²) in [6.45, 7) is 1.98. The van der Waals surface area contributed by atoms with Crippen molar-refractivity contribution in [1.29, 1.82) is 5.26 Å². The van der Waals surface area contributed by atoms with Crippen LogP contribution in [0.15, 0.2) is 18.2 Å². The number of aromatic nitrogens is 1. The number of H-pyrrole nitrogens is 1. The molecule has 1 N–H and O–H groups in total. The van der Waals surface area contributed by atoms with Crippen molar-refractivity contribution >= 4 is 28.5 Å². The molecular weight excluding hydrogens is 240 g/mol. The van der Waals surface area contributed by atoms with Crippen LogP contribution in [0.1, 0.15) is 23.0 Å². The van der Waals surface area contributed by atoms with E-state index in [1.54, 1.807) is 25.1 Å². The molecule has 0 aliphatic rings. The maximum atomic E-state index is 11.6. The molecule has 2 rings (SSSR count). The van der Waals surface area contributed by atoms with E-state index in [4.69, 9.17) is 21.6 Å². The zero-order valence-corrected chi connectivity index (χ0v) is 9.84. The minimum Gasteiger partial charge on any atom is -0.461 e. The second-order valence-corrected chi connectivity index (χ2v) is 3.83. The molecule has 0 radical (unpaired) electrons. The number of nitriles is 1. The Morgan fingerprint density at radius 2 is 2.35 bits per heavy atom. The maximum absolute atomic E-state index is 11.6. The Labute approximate surface area is 103 Å². The predicted molar refractivity (Wildman–Crippen MR) is 64.0 cm³/mol. The molecule has 17 heavy (non-hydrogen) atoms. The third kappa shape index (κ3) is 1.97. The van der Waals surface area contributed by atoms with Gasteiger partial charge in [-0.05, 0) is 25.1 Å². The number of hydrogen-bond acceptors (Lipinski definition) is 3. The van der Waals surface area contributed by atoms with Gasteiger partial charge in [-0.3, -0.25) is 0 Å². The van der Waals surface area contributed by atoms with Gasteiger partial charge < -0.3 is 9.72 Å². The number of rotatable bonds is 2. The van der Waals surface area contributed by atoms with Crippen LogP contribution in [-0.2, 0) is 4.74 Å². The quantitative estimate of drug-likeness (QED) is 0.831. The Morgan fingerprint density at radius 3 is 3.00 bits per heavy atom. The van der Waals surface area contributed by atoms with Gasteiger partial charge in [-0.1, -0.05) is 11.6 Å². The fourth-order valence-corrected chi connectivity index (χ4v) is 1.81. The normalized spacial score (nSPS) is 10.2. The number of fused-ring (bicyclic) bond motifs is 1. The molecule has 0 unspecified atom stereocenters. The summed E-state index contributed by atoms with van der Waals surface area (Å²) < 4.78 is 4.88. The lowest BCUT2D eigenvalue weighted by atomic mass is 10.1. The van der Waals surface area contributed by atoms with Gasteiger partial charge in [0, 0.05) is 15.9 Å². The summed E-state index contributed by atoms with van der Waals surface area (Å²) in [6.07, 6.45) is 0. The predicted octanol–water partition coefficient (Wildman–Crippen LogP) is 2.87. The van der Waals surface area contributed by atoms with Crippen molar-refractivity contribution in [3.05, 3.63) is 34.5 Å². The van der Waals surface area contributed by atoms with Crippen LogP contribution >= 0.6 is 11.6 Å². The molecule has 1 aromatic heterocycles. The number of aromatic amines is 1. The monoisotopic (exact) mass is 248 g/mol. The van der Waals surface area contributed by atoms with Crippen LogP contribution in [0, 0.1) is 11.3 Å². The SMILES string of the molecule is CCOC(=O)c1[nH]c2ccc(Cl)cc2c1C#N. The molecule has 0 bridgehead atoms. The Kier molecular flexibility index (Phi) is 3.03. The van der Waals surface area contributed by atoms with Crippen LogP contribution in [0.25, 0.3) is 10.9 Å². The molecule has 0 atom stereocenters. The summed E-state index contributed by atoms with van der Waals surface area (Å²) in [7, 11) is 0. The lowest BCUT2D eigenvalue weighted by Gasteiger charge is -1.98. The van der Waals surface area contributed by atoms with Crippen LogP contribution in [0.5, 0.6) is 0 Å². The van der Waals surface area contributed by atoms with E-state index in [1.807, 2.05) is 6.07 Å². The highest BCUT2D eigenvalue weighted by molar-refractivity contribution is 6.31. The smallest absolute Gasteiger partial charge is 0.356 e. The Balaban J connectivity index is 2.65. The van der Waals surface area contributed by atoms with E-state index in [9.17, 15) is 4.79 Å². The van der Waals surface area contributed by atoms with Gasteiger partial charge >= 0.3 is 5.97 Å². The molecule has 86 valence electrons. The highest BCUT2D eigenvalue weighted by atomic mass is 35.5. The summed E-state index contributed by atoms with van der Waals surface area (Å²) in [5.41, 5.74) is 1.13. The largest absolute Gasteiger partial charge is 0.461 e. The van der Waals surface area contributed by atoms with E-state index in [0.29, 0.717) is 15.9 Å². The molecule has 1 heterocycles. The van der Waals surface area contributed by atoms with E-state index in [-0.39, 0.29) is 17.9 Å². The number of nitrogens with one attached hydrogen (secondary N) is 1. The van der Waals surface area contributed by atoms with Crippen molar-refractivity contribution in [2.24, 2.45) is 0 Å². The first-order valence-corrected chi connectivity index (χ1v) is 5.43. The summed E-state index contributed by atoms with van der Waals surface area (Å²) in [4.78, 5) is 14.5. The number of carbonyl (C=O) groups is 1. The summed E-state index contributed by atoms with van der Waals surface area (Å²) in [6, 6.07) is 7.06. The first kappa shape index (κ1) is 11.5. The Hall–Kier alpha value is -1.99. The van der Waals surface area contributed by atoms with Crippen molar-refractivity contribution in [3.63, 3.8) is 0 Å². The highest BCUT2D eigenvalue weighted by Crippen LogP contribution is 2.25. The van der Waals surface area contributed by atoms with Crippen molar-refractivity contribution in [1.82, 2.24) is 4.98 Å². The molecule has 0 aliphatic heterocycles. The van der Waals surface area contributed by atoms with Gasteiger partial charge in [0.1, 0.15) is 11.8 Å². The van der Waals surface area contributed by atoms with E-state index in [0.717, 1.165) is 0 Å². The number of benzene rings is 1. The maximum Gasteiger partial charge on any atom is 0.356 e. The van der Waals surface area contributed by atoms with Crippen LogP contribution in [0.4, 0.5) is 0 Å². The zero-order valence-electron chi connectivity index (χ0n) is 9.08. The first-order valence-electron chi connectivity index (χ1n) is 5.05. The van der Waals surface area contributed by atoms with Gasteiger partial charge in [-0.15, -0.1) is 0 Å². The fourth-order valence-electron chi connectivity index (χ4n) is 1.64. The zero-order chi connectivity index (χ0) is 12.4. The number of hydrogen-bond donors (Lipinski definition) is 1. The second kappa shape index (κ2) is 4.48.